The van der Waals surface area contributed by atoms with Crippen LogP contribution in [0.3, 0.4) is 0 Å². The van der Waals surface area contributed by atoms with Crippen LogP contribution in [0.5, 0.6) is 0 Å². The molecule has 3 aromatic rings. The molecule has 4 heteroatoms. The fourth-order valence-corrected chi connectivity index (χ4v) is 3.63. The van der Waals surface area contributed by atoms with Crippen molar-refractivity contribution in [2.45, 2.75) is 12.8 Å². The Hall–Kier alpha value is -1.30. The third-order valence-corrected chi connectivity index (χ3v) is 5.07. The van der Waals surface area contributed by atoms with E-state index >= 15 is 0 Å². The van der Waals surface area contributed by atoms with E-state index in [1.165, 1.54) is 26.5 Å². The number of para-hydroxylation sites is 1. The summed E-state index contributed by atoms with van der Waals surface area (Å²) in [5.74, 6) is 0.266. The largest absolute Gasteiger partial charge is 1.00 e. The number of aromatic nitrogens is 1. The van der Waals surface area contributed by atoms with Crippen LogP contribution in [0.25, 0.3) is 15.3 Å². The van der Waals surface area contributed by atoms with E-state index in [0.717, 1.165) is 11.2 Å². The molecule has 1 nitrogen and oxygen atoms in total. The van der Waals surface area contributed by atoms with E-state index < -0.39 is 0 Å². The number of hydrogen-bond acceptors (Lipinski definition) is 1. The van der Waals surface area contributed by atoms with Crippen LogP contribution in [0.4, 0.5) is 0 Å². The molecule has 0 aliphatic heterocycles. The second-order valence-corrected chi connectivity index (χ2v) is 6.10. The van der Waals surface area contributed by atoms with Crippen LogP contribution in [0.15, 0.2) is 66.2 Å². The van der Waals surface area contributed by atoms with Crippen molar-refractivity contribution in [2.24, 2.45) is 0 Å². The van der Waals surface area contributed by atoms with Gasteiger partial charge in [0, 0.05) is 0 Å². The van der Waals surface area contributed by atoms with Gasteiger partial charge in [-0.15, -0.1) is 0 Å². The van der Waals surface area contributed by atoms with Crippen LogP contribution in [0.1, 0.15) is 29.7 Å². The smallest absolute Gasteiger partial charge is 1.00 e. The summed E-state index contributed by atoms with van der Waals surface area (Å²) >= 11 is 3.23. The van der Waals surface area contributed by atoms with Crippen LogP contribution in [0.2, 0.25) is 0 Å². The van der Waals surface area contributed by atoms with Crippen molar-refractivity contribution < 1.29 is 41.1 Å². The van der Waals surface area contributed by atoms with Crippen LogP contribution in [-0.4, -0.2) is 4.98 Å². The first-order chi connectivity index (χ1) is 10.3. The molecule has 2 aromatic carbocycles. The molecule has 0 saturated heterocycles. The maximum atomic E-state index is 4.89. The third-order valence-electron chi connectivity index (χ3n) is 4.22. The summed E-state index contributed by atoms with van der Waals surface area (Å²) in [6, 6.07) is 21.2. The molecule has 0 N–H and O–H groups in total. The topological polar surface area (TPSA) is 12.9 Å². The average Bonchev–Trinajstić information content (AvgIpc) is 2.79. The predicted octanol–water partition coefficient (Wildman–Crippen LogP) is -1.33. The SMILES string of the molecule is CC1=[C]([Cr+2])c2ccccc2C1c1ccc2ccccc2n1.[Cl-].[Cl-]. The quantitative estimate of drug-likeness (QED) is 0.511. The van der Waals surface area contributed by atoms with Gasteiger partial charge in [0.1, 0.15) is 0 Å². The molecule has 0 fully saturated rings. The van der Waals surface area contributed by atoms with Crippen LogP contribution < -0.4 is 24.8 Å². The third kappa shape index (κ3) is 2.93. The maximum Gasteiger partial charge on any atom is -1.00 e. The zero-order chi connectivity index (χ0) is 14.4. The minimum atomic E-state index is 0. The second kappa shape index (κ2) is 7.08. The summed E-state index contributed by atoms with van der Waals surface area (Å²) in [7, 11) is 0. The Morgan fingerprint density at radius 1 is 0.870 bits per heavy atom. The van der Waals surface area contributed by atoms with Crippen molar-refractivity contribution in [1.29, 1.82) is 0 Å². The Bertz CT molecular complexity index is 889. The Morgan fingerprint density at radius 3 is 2.39 bits per heavy atom. The zero-order valence-corrected chi connectivity index (χ0v) is 15.2. The molecule has 115 valence electrons. The van der Waals surface area contributed by atoms with Gasteiger partial charge in [-0.25, -0.2) is 0 Å². The number of pyridine rings is 1. The van der Waals surface area contributed by atoms with E-state index in [1.807, 2.05) is 6.07 Å². The molecule has 1 aromatic heterocycles. The molecule has 1 atom stereocenters. The van der Waals surface area contributed by atoms with E-state index in [9.17, 15) is 0 Å². The summed E-state index contributed by atoms with van der Waals surface area (Å²) < 4.78 is 1.27. The second-order valence-electron chi connectivity index (χ2n) is 5.46. The predicted molar refractivity (Wildman–Crippen MR) is 82.6 cm³/mol. The Morgan fingerprint density at radius 2 is 1.57 bits per heavy atom. The van der Waals surface area contributed by atoms with Gasteiger partial charge in [-0.05, 0) is 0 Å². The molecule has 1 unspecified atom stereocenters. The first-order valence-electron chi connectivity index (χ1n) is 7.08. The monoisotopic (exact) mass is 378 g/mol. The van der Waals surface area contributed by atoms with Crippen molar-refractivity contribution in [3.05, 3.63) is 83.1 Å². The molecule has 1 heterocycles. The van der Waals surface area contributed by atoms with Gasteiger partial charge in [0.2, 0.25) is 0 Å². The molecule has 0 bridgehead atoms. The Balaban J connectivity index is 0.000000960. The molecular weight excluding hydrogens is 365 g/mol. The van der Waals surface area contributed by atoms with E-state index in [1.54, 1.807) is 0 Å². The van der Waals surface area contributed by atoms with Gasteiger partial charge >= 0.3 is 133 Å². The standard InChI is InChI=1S/C19H14N.2ClH.Cr/c1-13-12-15-7-2-4-8-16(15)19(13)18-11-10-14-6-3-5-9-17(14)20-18;;;/h2-11,19H,1H3;2*1H;/q;;;+2/p-2. The number of allylic oxidation sites excluding steroid dienone is 1. The molecule has 4 rings (SSSR count). The maximum absolute atomic E-state index is 4.89. The van der Waals surface area contributed by atoms with Gasteiger partial charge in [0.25, 0.3) is 0 Å². The average molecular weight is 379 g/mol. The van der Waals surface area contributed by atoms with Crippen molar-refractivity contribution in [1.82, 2.24) is 4.98 Å². The summed E-state index contributed by atoms with van der Waals surface area (Å²) in [6.07, 6.45) is 0. The van der Waals surface area contributed by atoms with Crippen molar-refractivity contribution >= 4 is 15.3 Å². The first kappa shape index (κ1) is 18.0. The van der Waals surface area contributed by atoms with Gasteiger partial charge in [-0.1, -0.05) is 0 Å². The summed E-state index contributed by atoms with van der Waals surface area (Å²) in [5.41, 5.74) is 6.22. The minimum absolute atomic E-state index is 0. The van der Waals surface area contributed by atoms with Gasteiger partial charge in [0.05, 0.1) is 0 Å². The van der Waals surface area contributed by atoms with Gasteiger partial charge in [-0.2, -0.15) is 0 Å². The van der Waals surface area contributed by atoms with Crippen LogP contribution in [-0.2, 0) is 16.3 Å². The fourth-order valence-electron chi connectivity index (χ4n) is 3.16. The molecular formula is C19H14Cl2CrN. The molecule has 1 aliphatic carbocycles. The summed E-state index contributed by atoms with van der Waals surface area (Å²) in [5, 5.41) is 1.19. The molecule has 0 amide bonds. The first-order valence-corrected chi connectivity index (χ1v) is 7.72. The van der Waals surface area contributed by atoms with Gasteiger partial charge < -0.3 is 24.8 Å². The fraction of sp³-hybridized carbons (Fsp3) is 0.105. The van der Waals surface area contributed by atoms with E-state index in [-0.39, 0.29) is 30.7 Å². The Labute approximate surface area is 157 Å². The molecule has 1 aliphatic rings. The molecule has 0 spiro atoms. The van der Waals surface area contributed by atoms with E-state index in [4.69, 9.17) is 4.98 Å². The number of benzene rings is 2. The number of rotatable bonds is 1. The summed E-state index contributed by atoms with van der Waals surface area (Å²) in [4.78, 5) is 4.89. The van der Waals surface area contributed by atoms with Gasteiger partial charge in [0.15, 0.2) is 0 Å². The number of nitrogens with zero attached hydrogens (tertiary/aromatic N) is 1. The minimum Gasteiger partial charge on any atom is -1.00 e. The van der Waals surface area contributed by atoms with Crippen LogP contribution in [0, 0.1) is 0 Å². The number of fused-ring (bicyclic) bond motifs is 2. The van der Waals surface area contributed by atoms with Crippen molar-refractivity contribution in [3.63, 3.8) is 0 Å². The normalized spacial score (nSPS) is 15.7. The van der Waals surface area contributed by atoms with Crippen LogP contribution >= 0.6 is 0 Å². The molecule has 0 radical (unpaired) electrons. The zero-order valence-electron chi connectivity index (χ0n) is 12.5. The van der Waals surface area contributed by atoms with Gasteiger partial charge in [-0.3, -0.25) is 0 Å². The number of hydrogen-bond donors (Lipinski definition) is 0. The van der Waals surface area contributed by atoms with Crippen molar-refractivity contribution in [3.8, 4) is 0 Å². The molecule has 0 saturated carbocycles. The van der Waals surface area contributed by atoms with E-state index in [2.05, 4.69) is 77.8 Å². The van der Waals surface area contributed by atoms with Crippen molar-refractivity contribution in [2.75, 3.05) is 0 Å². The summed E-state index contributed by atoms with van der Waals surface area (Å²) in [6.45, 7) is 2.20. The molecule has 23 heavy (non-hydrogen) atoms. The number of halogens is 2. The van der Waals surface area contributed by atoms with E-state index in [0.29, 0.717) is 0 Å². The Kier molecular flexibility index (Phi) is 5.55.